The third-order valence-electron chi connectivity index (χ3n) is 6.20. The highest BCUT2D eigenvalue weighted by Gasteiger charge is 2.54. The molecule has 130 valence electrons. The van der Waals surface area contributed by atoms with Crippen molar-refractivity contribution in [1.82, 2.24) is 0 Å². The molecule has 0 spiro atoms. The summed E-state index contributed by atoms with van der Waals surface area (Å²) in [7, 11) is -3.55. The van der Waals surface area contributed by atoms with Crippen molar-refractivity contribution >= 4 is 15.6 Å². The standard InChI is InChI=1S/C18H23NO4S/c20-17(12-24(22,23)11-13-2-1-3-19(21)10-13)18-7-14-4-15(8-18)6-16(5-14)9-18/h1-3,10,14-16H,4-9,11-12H2. The lowest BCUT2D eigenvalue weighted by molar-refractivity contribution is -0.605. The maximum Gasteiger partial charge on any atom is 0.184 e. The van der Waals surface area contributed by atoms with E-state index in [0.29, 0.717) is 28.0 Å². The molecule has 0 aromatic carbocycles. The zero-order valence-electron chi connectivity index (χ0n) is 13.7. The molecule has 0 radical (unpaired) electrons. The number of hydrogen-bond acceptors (Lipinski definition) is 4. The van der Waals surface area contributed by atoms with Crippen LogP contribution in [0.4, 0.5) is 0 Å². The van der Waals surface area contributed by atoms with Crippen molar-refractivity contribution in [3.8, 4) is 0 Å². The van der Waals surface area contributed by atoms with Crippen LogP contribution in [-0.4, -0.2) is 20.0 Å². The fourth-order valence-electron chi connectivity index (χ4n) is 5.70. The molecule has 0 unspecified atom stereocenters. The van der Waals surface area contributed by atoms with Crippen LogP contribution in [-0.2, 0) is 20.4 Å². The van der Waals surface area contributed by atoms with Gasteiger partial charge in [-0.1, -0.05) is 0 Å². The third-order valence-corrected chi connectivity index (χ3v) is 7.68. The first-order chi connectivity index (χ1) is 11.3. The number of Topliss-reactive ketones (excluding diaryl/α,β-unsaturated/α-hetero) is 1. The Kier molecular flexibility index (Phi) is 3.71. The maximum absolute atomic E-state index is 12.9. The number of ketones is 1. The summed E-state index contributed by atoms with van der Waals surface area (Å²) in [6.45, 7) is 0. The van der Waals surface area contributed by atoms with Crippen molar-refractivity contribution in [1.29, 1.82) is 0 Å². The molecule has 0 aliphatic heterocycles. The highest BCUT2D eigenvalue weighted by molar-refractivity contribution is 7.91. The highest BCUT2D eigenvalue weighted by atomic mass is 32.2. The van der Waals surface area contributed by atoms with E-state index in [1.54, 1.807) is 6.07 Å². The van der Waals surface area contributed by atoms with Gasteiger partial charge in [0.15, 0.2) is 28.0 Å². The van der Waals surface area contributed by atoms with Gasteiger partial charge in [0.2, 0.25) is 0 Å². The molecule has 5 rings (SSSR count). The number of pyridine rings is 1. The Morgan fingerprint density at radius 2 is 1.75 bits per heavy atom. The van der Waals surface area contributed by atoms with Gasteiger partial charge in [0.1, 0.15) is 5.75 Å². The average Bonchev–Trinajstić information content (AvgIpc) is 2.44. The molecular weight excluding hydrogens is 326 g/mol. The molecule has 6 heteroatoms. The van der Waals surface area contributed by atoms with Gasteiger partial charge < -0.3 is 5.21 Å². The summed E-state index contributed by atoms with van der Waals surface area (Å²) < 4.78 is 25.6. The van der Waals surface area contributed by atoms with Crippen molar-refractivity contribution in [3.63, 3.8) is 0 Å². The summed E-state index contributed by atoms with van der Waals surface area (Å²) >= 11 is 0. The lowest BCUT2D eigenvalue weighted by Crippen LogP contribution is -2.51. The summed E-state index contributed by atoms with van der Waals surface area (Å²) in [5.41, 5.74) is 0.0579. The first kappa shape index (κ1) is 16.1. The first-order valence-electron chi connectivity index (χ1n) is 8.75. The van der Waals surface area contributed by atoms with Crippen LogP contribution in [0, 0.1) is 28.4 Å². The van der Waals surface area contributed by atoms with E-state index < -0.39 is 9.84 Å². The van der Waals surface area contributed by atoms with Gasteiger partial charge in [-0.3, -0.25) is 4.79 Å². The zero-order valence-corrected chi connectivity index (χ0v) is 14.5. The lowest BCUT2D eigenvalue weighted by Gasteiger charge is -2.55. The highest BCUT2D eigenvalue weighted by Crippen LogP contribution is 2.60. The minimum Gasteiger partial charge on any atom is -0.619 e. The minimum absolute atomic E-state index is 0.0764. The zero-order chi connectivity index (χ0) is 16.9. The van der Waals surface area contributed by atoms with E-state index in [1.807, 2.05) is 0 Å². The molecule has 5 nitrogen and oxygen atoms in total. The third kappa shape index (κ3) is 2.96. The molecule has 0 saturated heterocycles. The summed E-state index contributed by atoms with van der Waals surface area (Å²) in [6, 6.07) is 3.14. The normalized spacial score (nSPS) is 34.4. The molecule has 0 N–H and O–H groups in total. The van der Waals surface area contributed by atoms with Gasteiger partial charge in [0.05, 0.1) is 5.75 Å². The molecule has 1 aromatic heterocycles. The van der Waals surface area contributed by atoms with E-state index in [1.165, 1.54) is 37.7 Å². The molecule has 4 fully saturated rings. The smallest absolute Gasteiger partial charge is 0.184 e. The number of nitrogens with zero attached hydrogens (tertiary/aromatic N) is 1. The van der Waals surface area contributed by atoms with E-state index in [-0.39, 0.29) is 22.7 Å². The summed E-state index contributed by atoms with van der Waals surface area (Å²) in [5.74, 6) is 1.16. The Bertz CT molecular complexity index is 736. The van der Waals surface area contributed by atoms with Crippen LogP contribution in [0.5, 0.6) is 0 Å². The SMILES string of the molecule is O=C(CS(=O)(=O)Cc1ccc[n+]([O-])c1)C12CC3CC(CC(C3)C1)C2. The van der Waals surface area contributed by atoms with Crippen LogP contribution in [0.25, 0.3) is 0 Å². The summed E-state index contributed by atoms with van der Waals surface area (Å²) in [6.07, 6.45) is 8.92. The van der Waals surface area contributed by atoms with Crippen molar-refractivity contribution in [3.05, 3.63) is 35.3 Å². The Hall–Kier alpha value is -1.43. The van der Waals surface area contributed by atoms with Gasteiger partial charge in [0, 0.05) is 17.0 Å². The number of carbonyl (C=O) groups excluding carboxylic acids is 1. The predicted octanol–water partition coefficient (Wildman–Crippen LogP) is 2.02. The molecule has 1 aromatic rings. The molecule has 24 heavy (non-hydrogen) atoms. The van der Waals surface area contributed by atoms with E-state index in [4.69, 9.17) is 0 Å². The quantitative estimate of drug-likeness (QED) is 0.602. The number of sulfone groups is 1. The largest absolute Gasteiger partial charge is 0.619 e. The van der Waals surface area contributed by atoms with E-state index in [2.05, 4.69) is 0 Å². The molecule has 4 aliphatic rings. The fraction of sp³-hybridized carbons (Fsp3) is 0.667. The molecule has 0 atom stereocenters. The van der Waals surface area contributed by atoms with Crippen molar-refractivity contribution in [2.75, 3.05) is 5.75 Å². The Balaban J connectivity index is 1.49. The summed E-state index contributed by atoms with van der Waals surface area (Å²) in [4.78, 5) is 12.9. The van der Waals surface area contributed by atoms with Gasteiger partial charge in [-0.15, -0.1) is 0 Å². The van der Waals surface area contributed by atoms with Gasteiger partial charge in [-0.2, -0.15) is 4.73 Å². The molecule has 1 heterocycles. The van der Waals surface area contributed by atoms with Crippen LogP contribution in [0.15, 0.2) is 24.5 Å². The second kappa shape index (κ2) is 5.55. The monoisotopic (exact) mass is 349 g/mol. The molecular formula is C18H23NO4S. The Morgan fingerprint density at radius 3 is 2.29 bits per heavy atom. The fourth-order valence-corrected chi connectivity index (χ4v) is 7.18. The lowest BCUT2D eigenvalue weighted by atomic mass is 9.48. The van der Waals surface area contributed by atoms with Gasteiger partial charge in [-0.05, 0) is 62.3 Å². The average molecular weight is 349 g/mol. The molecule has 4 aliphatic carbocycles. The first-order valence-corrected chi connectivity index (χ1v) is 10.6. The van der Waals surface area contributed by atoms with Crippen LogP contribution in [0.3, 0.4) is 0 Å². The van der Waals surface area contributed by atoms with E-state index >= 15 is 0 Å². The predicted molar refractivity (Wildman–Crippen MR) is 88.5 cm³/mol. The van der Waals surface area contributed by atoms with Crippen molar-refractivity contribution < 1.29 is 17.9 Å². The van der Waals surface area contributed by atoms with Crippen molar-refractivity contribution in [2.45, 2.75) is 44.3 Å². The number of rotatable bonds is 5. The van der Waals surface area contributed by atoms with Crippen LogP contribution in [0.1, 0.15) is 44.1 Å². The summed E-state index contributed by atoms with van der Waals surface area (Å²) in [5, 5.41) is 11.3. The van der Waals surface area contributed by atoms with Crippen LogP contribution >= 0.6 is 0 Å². The minimum atomic E-state index is -3.55. The Morgan fingerprint density at radius 1 is 1.17 bits per heavy atom. The molecule has 4 saturated carbocycles. The topological polar surface area (TPSA) is 78.2 Å². The van der Waals surface area contributed by atoms with Crippen LogP contribution in [0.2, 0.25) is 0 Å². The second-order valence-electron chi connectivity index (χ2n) is 8.23. The van der Waals surface area contributed by atoms with Crippen molar-refractivity contribution in [2.24, 2.45) is 23.2 Å². The van der Waals surface area contributed by atoms with E-state index in [0.717, 1.165) is 19.3 Å². The number of carbonyl (C=O) groups is 1. The molecule has 4 bridgehead atoms. The van der Waals surface area contributed by atoms with Gasteiger partial charge in [-0.25, -0.2) is 8.42 Å². The van der Waals surface area contributed by atoms with Crippen LogP contribution < -0.4 is 4.73 Å². The Labute approximate surface area is 142 Å². The number of hydrogen-bond donors (Lipinski definition) is 0. The number of aromatic nitrogens is 1. The van der Waals surface area contributed by atoms with Gasteiger partial charge in [0.25, 0.3) is 0 Å². The maximum atomic E-state index is 12.9. The molecule has 0 amide bonds. The van der Waals surface area contributed by atoms with E-state index in [9.17, 15) is 18.4 Å². The van der Waals surface area contributed by atoms with Gasteiger partial charge >= 0.3 is 0 Å². The second-order valence-corrected chi connectivity index (χ2v) is 10.3.